The van der Waals surface area contributed by atoms with E-state index in [1.54, 1.807) is 0 Å². The van der Waals surface area contributed by atoms with Crippen molar-refractivity contribution in [3.63, 3.8) is 0 Å². The van der Waals surface area contributed by atoms with E-state index in [9.17, 15) is 0 Å². The average molecular weight is 197 g/mol. The van der Waals surface area contributed by atoms with E-state index in [0.29, 0.717) is 5.92 Å². The zero-order valence-electron chi connectivity index (χ0n) is 10.7. The Balaban J connectivity index is 0. The molecular formula is C13H27N. The summed E-state index contributed by atoms with van der Waals surface area (Å²) >= 11 is 0. The van der Waals surface area contributed by atoms with Crippen LogP contribution in [0.1, 0.15) is 41.0 Å². The molecule has 0 bridgehead atoms. The van der Waals surface area contributed by atoms with Gasteiger partial charge in [-0.1, -0.05) is 44.6 Å². The topological polar surface area (TPSA) is 12.0 Å². The van der Waals surface area contributed by atoms with E-state index in [-0.39, 0.29) is 0 Å². The van der Waals surface area contributed by atoms with Crippen LogP contribution in [0.2, 0.25) is 0 Å². The first-order chi connectivity index (χ1) is 6.72. The molecule has 0 saturated carbocycles. The fourth-order valence-electron chi connectivity index (χ4n) is 1.00. The largest absolute Gasteiger partial charge is 0.320 e. The molecular weight excluding hydrogens is 170 g/mol. The maximum absolute atomic E-state index is 3.16. The predicted molar refractivity (Wildman–Crippen MR) is 67.6 cm³/mol. The first-order valence-corrected chi connectivity index (χ1v) is 5.66. The summed E-state index contributed by atoms with van der Waals surface area (Å²) in [5.41, 5.74) is 1.46. The third kappa shape index (κ3) is 9.53. The average Bonchev–Trinajstić information content (AvgIpc) is 2.25. The van der Waals surface area contributed by atoms with Crippen LogP contribution < -0.4 is 5.32 Å². The first kappa shape index (κ1) is 15.9. The van der Waals surface area contributed by atoms with Crippen LogP contribution >= 0.6 is 0 Å². The standard InChI is InChI=1S/C11H21N.C2H6/c1-5-6-7-10(2)11(3)8-9-12-4;1-2/h5-7,11-12H,8-9H2,1-4H3;1-2H3/b6-5-,10-7+;. The van der Waals surface area contributed by atoms with Gasteiger partial charge in [-0.2, -0.15) is 0 Å². The molecule has 84 valence electrons. The summed E-state index contributed by atoms with van der Waals surface area (Å²) in [5, 5.41) is 3.16. The zero-order valence-corrected chi connectivity index (χ0v) is 10.7. The molecule has 0 heterocycles. The molecule has 0 fully saturated rings. The number of allylic oxidation sites excluding steroid dienone is 4. The van der Waals surface area contributed by atoms with Crippen LogP contribution in [0.5, 0.6) is 0 Å². The smallest absolute Gasteiger partial charge is 0.00463 e. The third-order valence-electron chi connectivity index (χ3n) is 2.16. The lowest BCUT2D eigenvalue weighted by molar-refractivity contribution is 0.584. The molecule has 0 spiro atoms. The number of rotatable bonds is 5. The summed E-state index contributed by atoms with van der Waals surface area (Å²) in [4.78, 5) is 0. The van der Waals surface area contributed by atoms with Crippen LogP contribution in [-0.4, -0.2) is 13.6 Å². The van der Waals surface area contributed by atoms with Crippen LogP contribution in [0, 0.1) is 5.92 Å². The molecule has 1 atom stereocenters. The van der Waals surface area contributed by atoms with Crippen molar-refractivity contribution in [2.24, 2.45) is 5.92 Å². The Bertz CT molecular complexity index is 157. The number of hydrogen-bond acceptors (Lipinski definition) is 1. The molecule has 0 aromatic heterocycles. The minimum absolute atomic E-state index is 0.689. The molecule has 0 aliphatic heterocycles. The van der Waals surface area contributed by atoms with Gasteiger partial charge in [-0.05, 0) is 39.8 Å². The van der Waals surface area contributed by atoms with Gasteiger partial charge >= 0.3 is 0 Å². The van der Waals surface area contributed by atoms with Gasteiger partial charge < -0.3 is 5.32 Å². The van der Waals surface area contributed by atoms with Gasteiger partial charge in [-0.15, -0.1) is 0 Å². The van der Waals surface area contributed by atoms with Gasteiger partial charge in [0, 0.05) is 0 Å². The van der Waals surface area contributed by atoms with Crippen molar-refractivity contribution in [1.82, 2.24) is 5.32 Å². The maximum atomic E-state index is 3.16. The van der Waals surface area contributed by atoms with Gasteiger partial charge in [0.25, 0.3) is 0 Å². The summed E-state index contributed by atoms with van der Waals surface area (Å²) in [6.45, 7) is 11.6. The van der Waals surface area contributed by atoms with Crippen molar-refractivity contribution >= 4 is 0 Å². The molecule has 1 unspecified atom stereocenters. The molecule has 0 aromatic rings. The number of hydrogen-bond donors (Lipinski definition) is 1. The minimum Gasteiger partial charge on any atom is -0.320 e. The van der Waals surface area contributed by atoms with Crippen molar-refractivity contribution in [2.45, 2.75) is 41.0 Å². The fourth-order valence-corrected chi connectivity index (χ4v) is 1.00. The van der Waals surface area contributed by atoms with Gasteiger partial charge in [-0.25, -0.2) is 0 Å². The lowest BCUT2D eigenvalue weighted by Gasteiger charge is -2.10. The minimum atomic E-state index is 0.689. The lowest BCUT2D eigenvalue weighted by atomic mass is 9.99. The molecule has 1 heteroatoms. The van der Waals surface area contributed by atoms with Crippen LogP contribution in [0.4, 0.5) is 0 Å². The van der Waals surface area contributed by atoms with Crippen LogP contribution in [0.3, 0.4) is 0 Å². The van der Waals surface area contributed by atoms with Crippen LogP contribution in [-0.2, 0) is 0 Å². The molecule has 1 nitrogen and oxygen atoms in total. The monoisotopic (exact) mass is 197 g/mol. The summed E-state index contributed by atoms with van der Waals surface area (Å²) in [6.07, 6.45) is 7.58. The highest BCUT2D eigenvalue weighted by atomic mass is 14.8. The second-order valence-electron chi connectivity index (χ2n) is 3.23. The highest BCUT2D eigenvalue weighted by Crippen LogP contribution is 2.12. The molecule has 14 heavy (non-hydrogen) atoms. The molecule has 0 rings (SSSR count). The van der Waals surface area contributed by atoms with E-state index in [2.05, 4.69) is 37.4 Å². The van der Waals surface area contributed by atoms with E-state index in [4.69, 9.17) is 0 Å². The van der Waals surface area contributed by atoms with Crippen LogP contribution in [0.25, 0.3) is 0 Å². The van der Waals surface area contributed by atoms with Crippen LogP contribution in [0.15, 0.2) is 23.8 Å². The SMILES string of the molecule is C/C=C\C=C(/C)C(C)CCNC.CC. The first-order valence-electron chi connectivity index (χ1n) is 5.66. The molecule has 0 aliphatic rings. The Kier molecular flexibility index (Phi) is 14.1. The second-order valence-corrected chi connectivity index (χ2v) is 3.23. The third-order valence-corrected chi connectivity index (χ3v) is 2.16. The van der Waals surface area contributed by atoms with Crippen molar-refractivity contribution in [2.75, 3.05) is 13.6 Å². The fraction of sp³-hybridized carbons (Fsp3) is 0.692. The maximum Gasteiger partial charge on any atom is -0.00463 e. The van der Waals surface area contributed by atoms with Gasteiger partial charge in [0.05, 0.1) is 0 Å². The van der Waals surface area contributed by atoms with E-state index >= 15 is 0 Å². The van der Waals surface area contributed by atoms with Gasteiger partial charge in [0.15, 0.2) is 0 Å². The highest BCUT2D eigenvalue weighted by Gasteiger charge is 2.01. The Morgan fingerprint density at radius 1 is 1.36 bits per heavy atom. The number of nitrogens with one attached hydrogen (secondary N) is 1. The van der Waals surface area contributed by atoms with E-state index in [0.717, 1.165) is 6.54 Å². The Labute approximate surface area is 90.3 Å². The molecule has 0 radical (unpaired) electrons. The summed E-state index contributed by atoms with van der Waals surface area (Å²) in [6, 6.07) is 0. The van der Waals surface area contributed by atoms with Gasteiger partial charge in [-0.3, -0.25) is 0 Å². The van der Waals surface area contributed by atoms with E-state index in [1.807, 2.05) is 27.8 Å². The highest BCUT2D eigenvalue weighted by molar-refractivity contribution is 5.11. The summed E-state index contributed by atoms with van der Waals surface area (Å²) in [5.74, 6) is 0.689. The molecule has 0 aliphatic carbocycles. The van der Waals surface area contributed by atoms with Crippen molar-refractivity contribution in [1.29, 1.82) is 0 Å². The quantitative estimate of drug-likeness (QED) is 0.661. The van der Waals surface area contributed by atoms with E-state index in [1.165, 1.54) is 12.0 Å². The second kappa shape index (κ2) is 12.4. The lowest BCUT2D eigenvalue weighted by Crippen LogP contribution is -2.11. The Morgan fingerprint density at radius 3 is 2.36 bits per heavy atom. The predicted octanol–water partition coefficient (Wildman–Crippen LogP) is 3.78. The summed E-state index contributed by atoms with van der Waals surface area (Å²) < 4.78 is 0. The molecule has 1 N–H and O–H groups in total. The Hall–Kier alpha value is -0.560. The zero-order chi connectivity index (χ0) is 11.4. The molecule has 0 saturated heterocycles. The molecule has 0 amide bonds. The molecule has 0 aromatic carbocycles. The normalized spacial score (nSPS) is 13.7. The van der Waals surface area contributed by atoms with Crippen molar-refractivity contribution in [3.8, 4) is 0 Å². The van der Waals surface area contributed by atoms with Gasteiger partial charge in [0.1, 0.15) is 0 Å². The van der Waals surface area contributed by atoms with Crippen molar-refractivity contribution < 1.29 is 0 Å². The van der Waals surface area contributed by atoms with Crippen molar-refractivity contribution in [3.05, 3.63) is 23.8 Å². The van der Waals surface area contributed by atoms with Gasteiger partial charge in [0.2, 0.25) is 0 Å². The Morgan fingerprint density at radius 2 is 1.93 bits per heavy atom. The summed E-state index contributed by atoms with van der Waals surface area (Å²) in [7, 11) is 2.00. The van der Waals surface area contributed by atoms with E-state index < -0.39 is 0 Å².